The lowest BCUT2D eigenvalue weighted by Gasteiger charge is -2.14. The first-order valence-corrected chi connectivity index (χ1v) is 12.0. The highest BCUT2D eigenvalue weighted by molar-refractivity contribution is 6.39. The molecule has 0 unspecified atom stereocenters. The summed E-state index contributed by atoms with van der Waals surface area (Å²) in [7, 11) is 0. The van der Waals surface area contributed by atoms with Crippen LogP contribution in [-0.4, -0.2) is 37.1 Å². The molecule has 3 rings (SSSR count). The van der Waals surface area contributed by atoms with Crippen molar-refractivity contribution in [1.82, 2.24) is 5.43 Å². The van der Waals surface area contributed by atoms with Crippen LogP contribution in [0.1, 0.15) is 29.2 Å². The zero-order valence-electron chi connectivity index (χ0n) is 21.9. The molecule has 9 nitrogen and oxygen atoms in total. The number of nitrogens with one attached hydrogen (secondary N) is 3. The van der Waals surface area contributed by atoms with Gasteiger partial charge in [-0.25, -0.2) is 5.43 Å². The van der Waals surface area contributed by atoms with Gasteiger partial charge in [-0.3, -0.25) is 14.4 Å². The molecular formula is C28H27F3N4O5. The zero-order chi connectivity index (χ0) is 29.3. The van der Waals surface area contributed by atoms with Gasteiger partial charge in [0.05, 0.1) is 18.4 Å². The van der Waals surface area contributed by atoms with E-state index in [1.54, 1.807) is 25.1 Å². The Balaban J connectivity index is 1.58. The molecule has 0 bridgehead atoms. The molecule has 0 saturated carbocycles. The third kappa shape index (κ3) is 8.32. The predicted molar refractivity (Wildman–Crippen MR) is 143 cm³/mol. The second-order valence-electron chi connectivity index (χ2n) is 8.47. The number of rotatable bonds is 9. The van der Waals surface area contributed by atoms with Crippen LogP contribution in [0.25, 0.3) is 0 Å². The number of amides is 3. The minimum absolute atomic E-state index is 0.196. The van der Waals surface area contributed by atoms with E-state index in [1.807, 2.05) is 37.5 Å². The summed E-state index contributed by atoms with van der Waals surface area (Å²) < 4.78 is 49.7. The lowest BCUT2D eigenvalue weighted by atomic mass is 10.1. The van der Waals surface area contributed by atoms with Gasteiger partial charge in [0.1, 0.15) is 0 Å². The number of hydrazone groups is 1. The van der Waals surface area contributed by atoms with Crippen LogP contribution >= 0.6 is 0 Å². The molecule has 0 aliphatic heterocycles. The van der Waals surface area contributed by atoms with Gasteiger partial charge in [-0.2, -0.15) is 18.3 Å². The Hall–Kier alpha value is -4.87. The van der Waals surface area contributed by atoms with Gasteiger partial charge < -0.3 is 20.1 Å². The molecule has 0 atom stereocenters. The van der Waals surface area contributed by atoms with Gasteiger partial charge >= 0.3 is 18.0 Å². The molecule has 210 valence electrons. The van der Waals surface area contributed by atoms with Crippen molar-refractivity contribution < 1.29 is 37.0 Å². The van der Waals surface area contributed by atoms with Crippen molar-refractivity contribution in [2.24, 2.45) is 5.10 Å². The Morgan fingerprint density at radius 1 is 0.875 bits per heavy atom. The molecule has 0 aliphatic rings. The number of carbonyl (C=O) groups excluding carboxylic acids is 3. The van der Waals surface area contributed by atoms with Crippen molar-refractivity contribution in [3.05, 3.63) is 82.9 Å². The van der Waals surface area contributed by atoms with Crippen LogP contribution in [0.5, 0.6) is 11.5 Å². The van der Waals surface area contributed by atoms with E-state index in [2.05, 4.69) is 15.7 Å². The van der Waals surface area contributed by atoms with Crippen LogP contribution in [0, 0.1) is 13.8 Å². The molecule has 12 heteroatoms. The number of halogens is 3. The first kappa shape index (κ1) is 29.7. The van der Waals surface area contributed by atoms with Crippen molar-refractivity contribution >= 4 is 35.3 Å². The molecule has 0 fully saturated rings. The van der Waals surface area contributed by atoms with E-state index in [-0.39, 0.29) is 18.2 Å². The van der Waals surface area contributed by atoms with Crippen LogP contribution in [0.15, 0.2) is 65.8 Å². The van der Waals surface area contributed by atoms with Crippen molar-refractivity contribution in [3.63, 3.8) is 0 Å². The van der Waals surface area contributed by atoms with E-state index in [4.69, 9.17) is 9.47 Å². The zero-order valence-corrected chi connectivity index (χ0v) is 21.9. The van der Waals surface area contributed by atoms with Crippen molar-refractivity contribution in [3.8, 4) is 11.5 Å². The molecule has 3 amide bonds. The molecular weight excluding hydrogens is 529 g/mol. The Bertz CT molecular complexity index is 1400. The van der Waals surface area contributed by atoms with Gasteiger partial charge in [0, 0.05) is 11.4 Å². The Labute approximate surface area is 228 Å². The molecule has 0 heterocycles. The number of para-hydroxylation sites is 1. The first-order chi connectivity index (χ1) is 19.0. The molecule has 0 radical (unpaired) electrons. The van der Waals surface area contributed by atoms with Crippen LogP contribution in [0.3, 0.4) is 0 Å². The fraction of sp³-hybridized carbons (Fsp3) is 0.214. The van der Waals surface area contributed by atoms with Gasteiger partial charge in [0.2, 0.25) is 0 Å². The highest BCUT2D eigenvalue weighted by Crippen LogP contribution is 2.31. The van der Waals surface area contributed by atoms with E-state index in [1.165, 1.54) is 12.3 Å². The minimum atomic E-state index is -4.60. The molecule has 40 heavy (non-hydrogen) atoms. The largest absolute Gasteiger partial charge is 0.490 e. The van der Waals surface area contributed by atoms with Crippen LogP contribution < -0.4 is 25.5 Å². The summed E-state index contributed by atoms with van der Waals surface area (Å²) in [4.78, 5) is 36.5. The molecule has 3 N–H and O–H groups in total. The summed E-state index contributed by atoms with van der Waals surface area (Å²) in [6, 6.07) is 14.3. The summed E-state index contributed by atoms with van der Waals surface area (Å²) in [5, 5.41) is 8.62. The smallest absolute Gasteiger partial charge is 0.416 e. The number of ether oxygens (including phenoxy) is 2. The maximum atomic E-state index is 12.8. The molecule has 0 aromatic heterocycles. The second-order valence-corrected chi connectivity index (χ2v) is 8.47. The van der Waals surface area contributed by atoms with Crippen molar-refractivity contribution in [2.75, 3.05) is 23.8 Å². The standard InChI is InChI=1S/C28H27F3N4O5/c1-4-39-23-13-19(11-12-22(23)40-16-24(36)34-25-17(2)7-5-8-18(25)3)15-32-35-27(38)26(37)33-21-10-6-9-20(14-21)28(29,30)31/h5-15H,4,16H2,1-3H3,(H,33,37)(H,34,36)(H,35,38)/b32-15-. The number of alkyl halides is 3. The quantitative estimate of drug-likeness (QED) is 0.198. The Morgan fingerprint density at radius 3 is 2.25 bits per heavy atom. The topological polar surface area (TPSA) is 118 Å². The fourth-order valence-corrected chi connectivity index (χ4v) is 3.50. The molecule has 0 spiro atoms. The number of hydrogen-bond acceptors (Lipinski definition) is 6. The van der Waals surface area contributed by atoms with E-state index < -0.39 is 23.6 Å². The average molecular weight is 557 g/mol. The average Bonchev–Trinajstić information content (AvgIpc) is 2.90. The first-order valence-electron chi connectivity index (χ1n) is 12.0. The molecule has 3 aromatic carbocycles. The van der Waals surface area contributed by atoms with Crippen molar-refractivity contribution in [2.45, 2.75) is 26.9 Å². The third-order valence-electron chi connectivity index (χ3n) is 5.41. The number of benzene rings is 3. The van der Waals surface area contributed by atoms with E-state index in [0.717, 1.165) is 28.9 Å². The van der Waals surface area contributed by atoms with E-state index in [9.17, 15) is 27.6 Å². The van der Waals surface area contributed by atoms with Gasteiger partial charge in [-0.15, -0.1) is 0 Å². The summed E-state index contributed by atoms with van der Waals surface area (Å²) in [6.07, 6.45) is -3.36. The fourth-order valence-electron chi connectivity index (χ4n) is 3.50. The van der Waals surface area contributed by atoms with Crippen molar-refractivity contribution in [1.29, 1.82) is 0 Å². The number of aryl methyl sites for hydroxylation is 2. The van der Waals surface area contributed by atoms with Gasteiger partial charge in [0.15, 0.2) is 18.1 Å². The number of anilines is 2. The Kier molecular flexibility index (Phi) is 9.85. The summed E-state index contributed by atoms with van der Waals surface area (Å²) in [5.41, 5.74) is 3.88. The highest BCUT2D eigenvalue weighted by Gasteiger charge is 2.30. The third-order valence-corrected chi connectivity index (χ3v) is 5.41. The SMILES string of the molecule is CCOc1cc(/C=N\NC(=O)C(=O)Nc2cccc(C(F)(F)F)c2)ccc1OCC(=O)Nc1c(C)cccc1C. The van der Waals surface area contributed by atoms with Gasteiger partial charge in [-0.05, 0) is 73.9 Å². The predicted octanol–water partition coefficient (Wildman–Crippen LogP) is 4.83. The maximum Gasteiger partial charge on any atom is 0.416 e. The van der Waals surface area contributed by atoms with E-state index in [0.29, 0.717) is 29.7 Å². The second kappa shape index (κ2) is 13.3. The normalized spacial score (nSPS) is 11.2. The summed E-state index contributed by atoms with van der Waals surface area (Å²) in [5.74, 6) is -2.11. The van der Waals surface area contributed by atoms with Gasteiger partial charge in [0.25, 0.3) is 5.91 Å². The highest BCUT2D eigenvalue weighted by atomic mass is 19.4. The monoisotopic (exact) mass is 556 g/mol. The summed E-state index contributed by atoms with van der Waals surface area (Å²) >= 11 is 0. The van der Waals surface area contributed by atoms with E-state index >= 15 is 0 Å². The minimum Gasteiger partial charge on any atom is -0.490 e. The van der Waals surface area contributed by atoms with Gasteiger partial charge in [-0.1, -0.05) is 24.3 Å². The molecule has 0 saturated heterocycles. The number of nitrogens with zero attached hydrogens (tertiary/aromatic N) is 1. The lowest BCUT2D eigenvalue weighted by molar-refractivity contribution is -0.137. The Morgan fingerprint density at radius 2 is 1.57 bits per heavy atom. The van der Waals surface area contributed by atoms with Crippen LogP contribution in [-0.2, 0) is 20.6 Å². The van der Waals surface area contributed by atoms with Crippen LogP contribution in [0.2, 0.25) is 0 Å². The number of hydrogen-bond donors (Lipinski definition) is 3. The molecule has 0 aliphatic carbocycles. The summed E-state index contributed by atoms with van der Waals surface area (Å²) in [6.45, 7) is 5.59. The maximum absolute atomic E-state index is 12.8. The lowest BCUT2D eigenvalue weighted by Crippen LogP contribution is -2.32. The van der Waals surface area contributed by atoms with Crippen LogP contribution in [0.4, 0.5) is 24.5 Å². The number of carbonyl (C=O) groups is 3. The molecule has 3 aromatic rings.